The van der Waals surface area contributed by atoms with Crippen LogP contribution in [0.1, 0.15) is 409 Å². The highest BCUT2D eigenvalue weighted by molar-refractivity contribution is 7.81. The van der Waals surface area contributed by atoms with Crippen LogP contribution in [0, 0.1) is 29.6 Å². The summed E-state index contributed by atoms with van der Waals surface area (Å²) < 4.78 is 27.7. The van der Waals surface area contributed by atoms with Gasteiger partial charge < -0.3 is 23.7 Å². The van der Waals surface area contributed by atoms with Crippen LogP contribution in [0.3, 0.4) is 0 Å². The van der Waals surface area contributed by atoms with Crippen LogP contribution in [0.4, 0.5) is 23.5 Å². The molecule has 5 radical (unpaired) electrons. The summed E-state index contributed by atoms with van der Waals surface area (Å²) in [7, 11) is 0. The van der Waals surface area contributed by atoms with Gasteiger partial charge >= 0.3 is 29.8 Å². The molecule has 0 spiro atoms. The van der Waals surface area contributed by atoms with Gasteiger partial charge in [0, 0.05) is 24.5 Å². The molecule has 0 aromatic heterocycles. The third kappa shape index (κ3) is 47.1. The van der Waals surface area contributed by atoms with Crippen molar-refractivity contribution in [3.05, 3.63) is 298 Å². The number of carbonyl (C=O) groups excluding carboxylic acids is 5. The van der Waals surface area contributed by atoms with Crippen LogP contribution in [-0.2, 0) is 56.1 Å². The molecule has 0 amide bonds. The summed E-state index contributed by atoms with van der Waals surface area (Å²) in [5.41, 5.74) is 14.4. The van der Waals surface area contributed by atoms with E-state index in [9.17, 15) is 24.0 Å². The van der Waals surface area contributed by atoms with Gasteiger partial charge in [0.05, 0.1) is 29.6 Å². The molecule has 0 bridgehead atoms. The smallest absolute Gasteiger partial charge is 0.314 e. The van der Waals surface area contributed by atoms with E-state index in [1.807, 2.05) is 0 Å². The Bertz CT molecular complexity index is 4520. The summed E-state index contributed by atoms with van der Waals surface area (Å²) in [6, 6.07) is 81.8. The maximum atomic E-state index is 12.5. The van der Waals surface area contributed by atoms with Gasteiger partial charge in [0.15, 0.2) is 0 Å². The Morgan fingerprint density at radius 1 is 0.180 bits per heavy atom. The summed E-state index contributed by atoms with van der Waals surface area (Å²) >= 11 is 25.4. The van der Waals surface area contributed by atoms with Crippen LogP contribution >= 0.6 is 63.1 Å². The molecule has 0 unspecified atom stereocenters. The second kappa shape index (κ2) is 73.6. The second-order valence-electron chi connectivity index (χ2n) is 41.7. The number of esters is 5. The number of ether oxygens (including phenoxy) is 5. The number of rotatable bonds is 45. The van der Waals surface area contributed by atoms with Crippen molar-refractivity contribution >= 4 is 93.0 Å². The zero-order chi connectivity index (χ0) is 102. The first kappa shape index (κ1) is 129. The first-order valence-electron chi connectivity index (χ1n) is 56.2. The molecule has 150 heavy (non-hydrogen) atoms. The number of benzene rings is 10. The monoisotopic (exact) mass is 2150 g/mol. The zero-order valence-electron chi connectivity index (χ0n) is 89.9. The minimum Gasteiger partial charge on any atom is -0.426 e. The minimum atomic E-state index is -0.0982. The van der Waals surface area contributed by atoms with Gasteiger partial charge in [0.25, 0.3) is 0 Å². The highest BCUT2D eigenvalue weighted by Crippen LogP contribution is 2.44. The van der Waals surface area contributed by atoms with Crippen molar-refractivity contribution in [2.75, 3.05) is 0 Å². The lowest BCUT2D eigenvalue weighted by molar-refractivity contribution is -0.141. The molecule has 10 nitrogen and oxygen atoms in total. The van der Waals surface area contributed by atoms with Gasteiger partial charge in [-0.1, -0.05) is 348 Å². The van der Waals surface area contributed by atoms with Gasteiger partial charge in [-0.2, -0.15) is 0 Å². The summed E-state index contributed by atoms with van der Waals surface area (Å²) in [5.74, 6) is 5.37. The number of halogens is 5. The minimum absolute atomic E-state index is 0. The molecule has 15 rings (SSSR count). The molecule has 0 saturated heterocycles. The van der Waals surface area contributed by atoms with E-state index < -0.39 is 0 Å². The second-order valence-corrected chi connectivity index (χ2v) is 44.1. The summed E-state index contributed by atoms with van der Waals surface area (Å²) in [6.45, 7) is 11.3. The average Bonchev–Trinajstić information content (AvgIpc) is 0.852. The lowest BCUT2D eigenvalue weighted by Crippen LogP contribution is -2.25. The average molecular weight is 2150 g/mol. The molecule has 5 fully saturated rings. The molecule has 5 aliphatic carbocycles. The molecule has 10 aromatic carbocycles. The van der Waals surface area contributed by atoms with Crippen LogP contribution in [0.25, 0.3) is 0 Å². The third-order valence-electron chi connectivity index (χ3n) is 30.6. The molecular weight excluding hydrogens is 1980 g/mol. The zero-order valence-corrected chi connectivity index (χ0v) is 94.0. The van der Waals surface area contributed by atoms with Gasteiger partial charge in [-0.15, -0.1) is 0 Å². The van der Waals surface area contributed by atoms with Crippen LogP contribution in [-0.4, -0.2) is 29.8 Å². The number of hydrogen-bond acceptors (Lipinski definition) is 10. The van der Waals surface area contributed by atoms with E-state index in [0.717, 1.165) is 153 Å². The maximum Gasteiger partial charge on any atom is 0.314 e. The van der Waals surface area contributed by atoms with E-state index in [1.165, 1.54) is 248 Å². The molecule has 20 heteroatoms. The molecule has 0 N–H and O–H groups in total. The molecule has 0 aliphatic heterocycles. The first-order valence-corrected chi connectivity index (χ1v) is 58.2. The predicted octanol–water partition coefficient (Wildman–Crippen LogP) is 38.9. The molecule has 10 aromatic rings. The molecule has 815 valence electrons. The van der Waals surface area contributed by atoms with Gasteiger partial charge in [-0.25, -0.2) is 0 Å². The first-order chi connectivity index (χ1) is 70.8. The molecule has 0 atom stereocenters. The van der Waals surface area contributed by atoms with Gasteiger partial charge in [-0.3, -0.25) is 47.5 Å². The topological polar surface area (TPSA) is 132 Å². The summed E-state index contributed by atoms with van der Waals surface area (Å²) in [4.78, 5) is 66.1. The maximum absolute atomic E-state index is 12.5. The van der Waals surface area contributed by atoms with Crippen LogP contribution in [0.15, 0.2) is 267 Å². The van der Waals surface area contributed by atoms with Crippen molar-refractivity contribution < 1.29 is 71.2 Å². The van der Waals surface area contributed by atoms with Crippen molar-refractivity contribution in [2.45, 2.75) is 410 Å². The fourth-order valence-electron chi connectivity index (χ4n) is 21.3. The van der Waals surface area contributed by atoms with Crippen LogP contribution < -0.4 is 23.7 Å². The van der Waals surface area contributed by atoms with Gasteiger partial charge in [-0.05, 0) is 399 Å². The van der Waals surface area contributed by atoms with Crippen LogP contribution in [0.2, 0.25) is 0 Å². The Balaban J connectivity index is 0.000000284. The van der Waals surface area contributed by atoms with E-state index >= 15 is 0 Å². The fourth-order valence-corrected chi connectivity index (χ4v) is 22.0. The van der Waals surface area contributed by atoms with Crippen molar-refractivity contribution in [3.8, 4) is 28.7 Å². The van der Waals surface area contributed by atoms with Crippen molar-refractivity contribution in [1.82, 2.24) is 0 Å². The van der Waals surface area contributed by atoms with E-state index in [-0.39, 0.29) is 83.0 Å². The van der Waals surface area contributed by atoms with E-state index in [4.69, 9.17) is 86.8 Å². The SMILES string of the molecule is CCCCCCCc1ccc(C2CCC(C(=O)Oc3ccc([S])cc3)CC2)cc1.CCCCCCCc1ccc(C2CCC(C(=O)Oc3ccc([S])cc3)CC2)cc1.CCCCCCCc1ccc(C2CCC(C(=O)Oc3ccc([S])cc3)CC2)cc1.CCCCCCCc1ccc(C2CCC(C(=O)Oc3ccc([S])cc3)CC2)cc1.CCCCCCCc1ccc(C2CCC(C(=O)Oc3ccc([S])cc3)CC2)cc1.F.F.F.F.F. The Morgan fingerprint density at radius 3 is 0.433 bits per heavy atom. The van der Waals surface area contributed by atoms with Crippen molar-refractivity contribution in [1.29, 1.82) is 0 Å². The summed E-state index contributed by atoms with van der Waals surface area (Å²) in [6.07, 6.45) is 58.8. The Kier molecular flexibility index (Phi) is 63.2. The lowest BCUT2D eigenvalue weighted by Gasteiger charge is -2.27. The number of carbonyl (C=O) groups is 5. The summed E-state index contributed by atoms with van der Waals surface area (Å²) in [5, 5.41) is 0. The van der Waals surface area contributed by atoms with Gasteiger partial charge in [0.2, 0.25) is 0 Å². The quantitative estimate of drug-likeness (QED) is 0.0157. The number of unbranched alkanes of at least 4 members (excludes halogenated alkanes) is 20. The van der Waals surface area contributed by atoms with Gasteiger partial charge in [0.1, 0.15) is 28.7 Å². The standard InChI is InChI=1S/5C26H33O2S.5FH/c5*1-2-3-4-5-6-7-20-8-10-21(11-9-20)22-12-14-23(15-13-22)26(27)28-24-16-18-25(29)19-17-24;;;;;/h5*8-11,16-19,22-23H,2-7,12-15H2,1H3;5*1H. The molecular formula is C130H170F5O10S5. The Hall–Kier alpha value is -9.70. The highest BCUT2D eigenvalue weighted by atomic mass is 32.1. The predicted molar refractivity (Wildman–Crippen MR) is 620 cm³/mol. The van der Waals surface area contributed by atoms with E-state index in [0.29, 0.717) is 58.3 Å². The molecule has 0 heterocycles. The third-order valence-corrected chi connectivity index (χ3v) is 32.0. The number of hydrogen-bond donors (Lipinski definition) is 0. The fraction of sp³-hybridized carbons (Fsp3) is 0.500. The van der Waals surface area contributed by atoms with E-state index in [2.05, 4.69) is 156 Å². The molecule has 5 aliphatic rings. The van der Waals surface area contributed by atoms with Crippen molar-refractivity contribution in [3.63, 3.8) is 0 Å². The largest absolute Gasteiger partial charge is 0.426 e. The normalized spacial score (nSPS) is 18.4. The van der Waals surface area contributed by atoms with E-state index in [1.54, 1.807) is 121 Å². The van der Waals surface area contributed by atoms with Crippen LogP contribution in [0.5, 0.6) is 28.7 Å². The lowest BCUT2D eigenvalue weighted by atomic mass is 9.78. The van der Waals surface area contributed by atoms with Crippen molar-refractivity contribution in [2.24, 2.45) is 29.6 Å². The Labute approximate surface area is 923 Å². The molecule has 5 saturated carbocycles. The highest BCUT2D eigenvalue weighted by Gasteiger charge is 2.35. The Morgan fingerprint density at radius 2 is 0.307 bits per heavy atom. The number of aryl methyl sites for hydroxylation is 5.